The molecule has 39 heavy (non-hydrogen) atoms. The summed E-state index contributed by atoms with van der Waals surface area (Å²) >= 11 is 6.32. The zero-order valence-corrected chi connectivity index (χ0v) is 23.0. The number of piperidine rings is 1. The average Bonchev–Trinajstić information content (AvgIpc) is 3.56. The van der Waals surface area contributed by atoms with E-state index in [0.29, 0.717) is 78.6 Å². The van der Waals surface area contributed by atoms with Gasteiger partial charge < -0.3 is 25.2 Å². The quantitative estimate of drug-likeness (QED) is 0.500. The summed E-state index contributed by atoms with van der Waals surface area (Å²) in [4.78, 5) is 24.5. The average molecular weight is 556 g/mol. The van der Waals surface area contributed by atoms with Gasteiger partial charge in [-0.3, -0.25) is 4.79 Å². The van der Waals surface area contributed by atoms with Crippen molar-refractivity contribution in [1.82, 2.24) is 19.5 Å². The van der Waals surface area contributed by atoms with Gasteiger partial charge in [-0.15, -0.1) is 0 Å². The number of hydrogen-bond donors (Lipinski definition) is 1. The van der Waals surface area contributed by atoms with Gasteiger partial charge in [0.15, 0.2) is 17.3 Å². The van der Waals surface area contributed by atoms with Gasteiger partial charge in [-0.25, -0.2) is 4.98 Å². The highest BCUT2D eigenvalue weighted by atomic mass is 35.5. The molecule has 0 aliphatic carbocycles. The standard InChI is InChI=1S/C28H35ClFN7O2/c1-2-34-11-5-6-14-39-23-9-8-18(29)15-20(23)28(38)36-12-4-3-7-22(36)21-16-24-32-26(35-13-10-19(31)17-35)25(30)27(34)37(24)33-21/h8-9,15-16,19,22H,2-7,10-14,17,31H2,1H3. The Hall–Kier alpha value is -3.11. The van der Waals surface area contributed by atoms with Gasteiger partial charge in [0.25, 0.3) is 5.91 Å². The molecule has 11 heteroatoms. The molecular weight excluding hydrogens is 521 g/mol. The van der Waals surface area contributed by atoms with Crippen molar-refractivity contribution < 1.29 is 13.9 Å². The number of hydrogen-bond acceptors (Lipinski definition) is 7. The largest absolute Gasteiger partial charge is 0.493 e. The fraction of sp³-hybridized carbons (Fsp3) is 0.536. The first-order valence-corrected chi connectivity index (χ1v) is 14.4. The van der Waals surface area contributed by atoms with Crippen molar-refractivity contribution in [3.8, 4) is 5.75 Å². The van der Waals surface area contributed by atoms with Crippen LogP contribution in [0.15, 0.2) is 24.3 Å². The summed E-state index contributed by atoms with van der Waals surface area (Å²) in [5.41, 5.74) is 7.91. The van der Waals surface area contributed by atoms with Crippen LogP contribution in [0.4, 0.5) is 16.0 Å². The van der Waals surface area contributed by atoms with E-state index in [-0.39, 0.29) is 23.8 Å². The number of nitrogens with two attached hydrogens (primary N) is 1. The number of halogens is 2. The highest BCUT2D eigenvalue weighted by Gasteiger charge is 2.34. The lowest BCUT2D eigenvalue weighted by molar-refractivity contribution is 0.0601. The third-order valence-corrected chi connectivity index (χ3v) is 8.32. The fourth-order valence-corrected chi connectivity index (χ4v) is 6.20. The number of anilines is 2. The molecule has 2 fully saturated rings. The molecule has 5 heterocycles. The van der Waals surface area contributed by atoms with Crippen molar-refractivity contribution in [2.45, 2.75) is 57.5 Å². The molecule has 3 aliphatic heterocycles. The number of benzene rings is 1. The molecule has 2 unspecified atom stereocenters. The van der Waals surface area contributed by atoms with Crippen LogP contribution in [0.25, 0.3) is 5.65 Å². The predicted octanol–water partition coefficient (Wildman–Crippen LogP) is 4.43. The smallest absolute Gasteiger partial charge is 0.258 e. The number of ether oxygens (including phenoxy) is 1. The van der Waals surface area contributed by atoms with Crippen molar-refractivity contribution in [1.29, 1.82) is 0 Å². The fourth-order valence-electron chi connectivity index (χ4n) is 6.03. The zero-order valence-electron chi connectivity index (χ0n) is 22.3. The summed E-state index contributed by atoms with van der Waals surface area (Å²) < 4.78 is 24.1. The number of carbonyl (C=O) groups is 1. The van der Waals surface area contributed by atoms with Crippen LogP contribution in [0.1, 0.15) is 67.5 Å². The highest BCUT2D eigenvalue weighted by molar-refractivity contribution is 6.31. The van der Waals surface area contributed by atoms with Crippen molar-refractivity contribution >= 4 is 34.8 Å². The van der Waals surface area contributed by atoms with E-state index in [1.54, 1.807) is 22.7 Å². The summed E-state index contributed by atoms with van der Waals surface area (Å²) in [5, 5.41) is 5.40. The molecule has 2 N–H and O–H groups in total. The molecule has 9 nitrogen and oxygen atoms in total. The summed E-state index contributed by atoms with van der Waals surface area (Å²) in [7, 11) is 0. The Bertz CT molecular complexity index is 1380. The van der Waals surface area contributed by atoms with Gasteiger partial charge in [0.2, 0.25) is 5.82 Å². The van der Waals surface area contributed by atoms with Crippen LogP contribution in [0.3, 0.4) is 0 Å². The van der Waals surface area contributed by atoms with E-state index in [9.17, 15) is 4.79 Å². The van der Waals surface area contributed by atoms with Gasteiger partial charge in [0, 0.05) is 49.9 Å². The van der Waals surface area contributed by atoms with Crippen molar-refractivity contribution in [2.75, 3.05) is 49.1 Å². The van der Waals surface area contributed by atoms with Gasteiger partial charge in [0.1, 0.15) is 5.75 Å². The molecule has 6 rings (SSSR count). The second-order valence-electron chi connectivity index (χ2n) is 10.7. The predicted molar refractivity (Wildman–Crippen MR) is 149 cm³/mol. The lowest BCUT2D eigenvalue weighted by atomic mass is 9.98. The van der Waals surface area contributed by atoms with Crippen LogP contribution in [0, 0.1) is 5.82 Å². The van der Waals surface area contributed by atoms with E-state index in [2.05, 4.69) is 0 Å². The third-order valence-electron chi connectivity index (χ3n) is 8.09. The van der Waals surface area contributed by atoms with Crippen molar-refractivity contribution in [3.05, 3.63) is 46.4 Å². The van der Waals surface area contributed by atoms with Crippen molar-refractivity contribution in [2.24, 2.45) is 5.73 Å². The van der Waals surface area contributed by atoms with Crippen LogP contribution in [-0.2, 0) is 0 Å². The molecule has 1 aromatic carbocycles. The maximum Gasteiger partial charge on any atom is 0.258 e. The lowest BCUT2D eigenvalue weighted by Gasteiger charge is -2.35. The monoisotopic (exact) mass is 555 g/mol. The molecule has 2 saturated heterocycles. The van der Waals surface area contributed by atoms with Gasteiger partial charge in [-0.05, 0) is 63.6 Å². The molecule has 0 spiro atoms. The summed E-state index contributed by atoms with van der Waals surface area (Å²) in [6.07, 6.45) is 4.94. The Balaban J connectivity index is 1.50. The van der Waals surface area contributed by atoms with Crippen LogP contribution in [-0.4, -0.2) is 70.8 Å². The van der Waals surface area contributed by atoms with E-state index in [1.807, 2.05) is 27.7 Å². The van der Waals surface area contributed by atoms with E-state index >= 15 is 4.39 Å². The molecule has 3 aromatic rings. The number of aromatic nitrogens is 3. The first-order valence-electron chi connectivity index (χ1n) is 14.0. The number of fused-ring (bicyclic) bond motifs is 4. The van der Waals surface area contributed by atoms with Gasteiger partial charge >= 0.3 is 0 Å². The number of rotatable bonds is 2. The highest BCUT2D eigenvalue weighted by Crippen LogP contribution is 2.37. The van der Waals surface area contributed by atoms with Crippen molar-refractivity contribution in [3.63, 3.8) is 0 Å². The molecular formula is C28H35ClFN7O2. The molecule has 2 bridgehead atoms. The maximum atomic E-state index is 16.3. The lowest BCUT2D eigenvalue weighted by Crippen LogP contribution is -2.39. The van der Waals surface area contributed by atoms with E-state index in [0.717, 1.165) is 38.5 Å². The Morgan fingerprint density at radius 1 is 1.13 bits per heavy atom. The second-order valence-corrected chi connectivity index (χ2v) is 11.1. The van der Waals surface area contributed by atoms with Gasteiger partial charge in [-0.2, -0.15) is 14.0 Å². The molecule has 2 atom stereocenters. The minimum atomic E-state index is -0.382. The molecule has 0 radical (unpaired) electrons. The number of amides is 1. The van der Waals surface area contributed by atoms with E-state index < -0.39 is 0 Å². The second kappa shape index (κ2) is 10.8. The third kappa shape index (κ3) is 4.89. The normalized spacial score (nSPS) is 22.5. The molecule has 2 aromatic heterocycles. The number of carbonyl (C=O) groups excluding carboxylic acids is 1. The van der Waals surface area contributed by atoms with Crippen LogP contribution in [0.5, 0.6) is 5.75 Å². The topological polar surface area (TPSA) is 92.2 Å². The maximum absolute atomic E-state index is 16.3. The Kier molecular flexibility index (Phi) is 7.24. The Morgan fingerprint density at radius 3 is 2.77 bits per heavy atom. The van der Waals surface area contributed by atoms with Crippen LogP contribution >= 0.6 is 11.6 Å². The SMILES string of the molecule is CCN1CCCCOc2ccc(Cl)cc2C(=O)N2CCCCC2c2cc3nc(N4CCC(N)C4)c(F)c1n3n2. The number of nitrogens with zero attached hydrogens (tertiary/aromatic N) is 6. The summed E-state index contributed by atoms with van der Waals surface area (Å²) in [5.74, 6) is 0.745. The Labute approximate surface area is 232 Å². The molecule has 1 amide bonds. The van der Waals surface area contributed by atoms with Crippen LogP contribution in [0.2, 0.25) is 5.02 Å². The van der Waals surface area contributed by atoms with Crippen LogP contribution < -0.4 is 20.3 Å². The first kappa shape index (κ1) is 26.1. The minimum Gasteiger partial charge on any atom is -0.493 e. The zero-order chi connectivity index (χ0) is 27.1. The molecule has 3 aliphatic rings. The first-order chi connectivity index (χ1) is 18.9. The van der Waals surface area contributed by atoms with E-state index in [4.69, 9.17) is 32.2 Å². The molecule has 0 saturated carbocycles. The van der Waals surface area contributed by atoms with Gasteiger partial charge in [0.05, 0.1) is 23.9 Å². The summed E-state index contributed by atoms with van der Waals surface area (Å²) in [6, 6.07) is 6.85. The summed E-state index contributed by atoms with van der Waals surface area (Å²) in [6.45, 7) is 5.53. The Morgan fingerprint density at radius 2 is 1.97 bits per heavy atom. The van der Waals surface area contributed by atoms with E-state index in [1.165, 1.54) is 0 Å². The minimum absolute atomic E-state index is 0.00244. The van der Waals surface area contributed by atoms with Gasteiger partial charge in [-0.1, -0.05) is 11.6 Å². The molecule has 208 valence electrons.